The highest BCUT2D eigenvalue weighted by atomic mass is 16.2. The van der Waals surface area contributed by atoms with Gasteiger partial charge >= 0.3 is 0 Å². The van der Waals surface area contributed by atoms with Crippen molar-refractivity contribution >= 4 is 11.8 Å². The molecule has 1 aromatic heterocycles. The van der Waals surface area contributed by atoms with Crippen LogP contribution in [0.5, 0.6) is 0 Å². The molecule has 0 spiro atoms. The van der Waals surface area contributed by atoms with E-state index >= 15 is 0 Å². The summed E-state index contributed by atoms with van der Waals surface area (Å²) in [6.45, 7) is 5.59. The summed E-state index contributed by atoms with van der Waals surface area (Å²) in [4.78, 5) is 23.7. The number of carbonyl (C=O) groups is 2. The average molecular weight is 307 g/mol. The fraction of sp³-hybridized carbons (Fsp3) is 0.667. The van der Waals surface area contributed by atoms with Gasteiger partial charge in [0.15, 0.2) is 0 Å². The lowest BCUT2D eigenvalue weighted by molar-refractivity contribution is -0.128. The number of nitrogens with zero attached hydrogens (tertiary/aromatic N) is 2. The van der Waals surface area contributed by atoms with Crippen LogP contribution in [0.25, 0.3) is 0 Å². The van der Waals surface area contributed by atoms with Crippen LogP contribution in [0, 0.1) is 6.92 Å². The first-order valence-electron chi connectivity index (χ1n) is 7.84. The predicted octanol–water partition coefficient (Wildman–Crippen LogP) is -0.0455. The summed E-state index contributed by atoms with van der Waals surface area (Å²) >= 11 is 0. The Morgan fingerprint density at radius 1 is 1.55 bits per heavy atom. The molecule has 1 fully saturated rings. The molecule has 0 aromatic carbocycles. The van der Waals surface area contributed by atoms with Crippen molar-refractivity contribution in [1.82, 2.24) is 25.7 Å². The third-order valence-corrected chi connectivity index (χ3v) is 3.70. The zero-order valence-electron chi connectivity index (χ0n) is 13.3. The number of carbonyl (C=O) groups excluding carboxylic acids is 2. The number of hydrogen-bond donors (Lipinski definition) is 3. The Kier molecular flexibility index (Phi) is 5.94. The maximum atomic E-state index is 12.0. The first-order valence-corrected chi connectivity index (χ1v) is 7.84. The van der Waals surface area contributed by atoms with Crippen molar-refractivity contribution in [3.63, 3.8) is 0 Å². The van der Waals surface area contributed by atoms with E-state index in [0.717, 1.165) is 18.4 Å². The third-order valence-electron chi connectivity index (χ3n) is 3.70. The second-order valence-electron chi connectivity index (χ2n) is 5.93. The van der Waals surface area contributed by atoms with Gasteiger partial charge in [-0.05, 0) is 38.7 Å². The molecule has 2 amide bonds. The largest absolute Gasteiger partial charge is 0.354 e. The lowest BCUT2D eigenvalue weighted by Gasteiger charge is -2.17. The van der Waals surface area contributed by atoms with Crippen LogP contribution >= 0.6 is 0 Å². The van der Waals surface area contributed by atoms with Crippen LogP contribution in [0.2, 0.25) is 0 Å². The Balaban J connectivity index is 1.71. The average Bonchev–Trinajstić information content (AvgIpc) is 2.77. The summed E-state index contributed by atoms with van der Waals surface area (Å²) in [5.41, 5.74) is 1.12. The highest BCUT2D eigenvalue weighted by Crippen LogP contribution is 2.05. The van der Waals surface area contributed by atoms with Crippen molar-refractivity contribution in [1.29, 1.82) is 0 Å². The molecule has 2 heterocycles. The maximum absolute atomic E-state index is 12.0. The first-order chi connectivity index (χ1) is 10.5. The Hall–Kier alpha value is -1.89. The molecule has 3 N–H and O–H groups in total. The molecule has 22 heavy (non-hydrogen) atoms. The van der Waals surface area contributed by atoms with Gasteiger partial charge in [-0.1, -0.05) is 0 Å². The molecule has 0 aliphatic carbocycles. The predicted molar refractivity (Wildman–Crippen MR) is 83.2 cm³/mol. The SMILES string of the molecule is Cc1cnn(CC(C)NCC(=O)NC2CCCCNC2=O)c1. The fourth-order valence-corrected chi connectivity index (χ4v) is 2.50. The highest BCUT2D eigenvalue weighted by molar-refractivity contribution is 5.88. The summed E-state index contributed by atoms with van der Waals surface area (Å²) in [5, 5.41) is 13.0. The van der Waals surface area contributed by atoms with Gasteiger partial charge in [-0.2, -0.15) is 5.10 Å². The van der Waals surface area contributed by atoms with E-state index in [1.165, 1.54) is 0 Å². The zero-order valence-corrected chi connectivity index (χ0v) is 13.3. The van der Waals surface area contributed by atoms with Crippen LogP contribution in [0.15, 0.2) is 12.4 Å². The van der Waals surface area contributed by atoms with Crippen LogP contribution in [0.3, 0.4) is 0 Å². The number of aryl methyl sites for hydroxylation is 1. The number of amides is 2. The Morgan fingerprint density at radius 2 is 2.36 bits per heavy atom. The molecule has 2 atom stereocenters. The lowest BCUT2D eigenvalue weighted by atomic mass is 10.1. The zero-order chi connectivity index (χ0) is 15.9. The normalized spacial score (nSPS) is 20.1. The van der Waals surface area contributed by atoms with Crippen molar-refractivity contribution in [3.8, 4) is 0 Å². The number of nitrogens with one attached hydrogen (secondary N) is 3. The van der Waals surface area contributed by atoms with E-state index in [0.29, 0.717) is 19.5 Å². The molecule has 0 radical (unpaired) electrons. The van der Waals surface area contributed by atoms with E-state index in [9.17, 15) is 9.59 Å². The molecule has 1 aliphatic rings. The van der Waals surface area contributed by atoms with Crippen LogP contribution in [0.4, 0.5) is 0 Å². The van der Waals surface area contributed by atoms with Crippen LogP contribution in [0.1, 0.15) is 31.7 Å². The quantitative estimate of drug-likeness (QED) is 0.688. The summed E-state index contributed by atoms with van der Waals surface area (Å²) in [5.74, 6) is -0.225. The van der Waals surface area contributed by atoms with Crippen LogP contribution in [-0.4, -0.2) is 46.8 Å². The molecular formula is C15H25N5O2. The molecule has 122 valence electrons. The van der Waals surface area contributed by atoms with Gasteiger partial charge in [-0.3, -0.25) is 14.3 Å². The van der Waals surface area contributed by atoms with Crippen molar-refractivity contribution in [2.75, 3.05) is 13.1 Å². The van der Waals surface area contributed by atoms with Crippen molar-refractivity contribution in [2.24, 2.45) is 0 Å². The second kappa shape index (κ2) is 7.93. The Labute approximate surface area is 130 Å². The van der Waals surface area contributed by atoms with E-state index in [2.05, 4.69) is 21.0 Å². The minimum Gasteiger partial charge on any atom is -0.354 e. The summed E-state index contributed by atoms with van der Waals surface area (Å²) < 4.78 is 1.85. The molecule has 1 saturated heterocycles. The van der Waals surface area contributed by atoms with Gasteiger partial charge in [0.2, 0.25) is 11.8 Å². The molecule has 0 bridgehead atoms. The van der Waals surface area contributed by atoms with Gasteiger partial charge in [0, 0.05) is 18.8 Å². The fourth-order valence-electron chi connectivity index (χ4n) is 2.50. The Morgan fingerprint density at radius 3 is 3.09 bits per heavy atom. The molecule has 7 heteroatoms. The van der Waals surface area contributed by atoms with Crippen molar-refractivity contribution < 1.29 is 9.59 Å². The van der Waals surface area contributed by atoms with Gasteiger partial charge in [-0.25, -0.2) is 0 Å². The summed E-state index contributed by atoms with van der Waals surface area (Å²) in [7, 11) is 0. The molecule has 1 aliphatic heterocycles. The minimum absolute atomic E-state index is 0.0779. The number of hydrogen-bond acceptors (Lipinski definition) is 4. The number of aromatic nitrogens is 2. The molecule has 7 nitrogen and oxygen atoms in total. The molecule has 2 rings (SSSR count). The van der Waals surface area contributed by atoms with E-state index in [1.54, 1.807) is 0 Å². The van der Waals surface area contributed by atoms with E-state index < -0.39 is 6.04 Å². The van der Waals surface area contributed by atoms with Crippen LogP contribution in [-0.2, 0) is 16.1 Å². The second-order valence-corrected chi connectivity index (χ2v) is 5.93. The van der Waals surface area contributed by atoms with Crippen molar-refractivity contribution in [2.45, 2.75) is 51.7 Å². The summed E-state index contributed by atoms with van der Waals surface area (Å²) in [6.07, 6.45) is 6.40. The van der Waals surface area contributed by atoms with Crippen molar-refractivity contribution in [3.05, 3.63) is 18.0 Å². The van der Waals surface area contributed by atoms with Crippen LogP contribution < -0.4 is 16.0 Å². The Bertz CT molecular complexity index is 514. The smallest absolute Gasteiger partial charge is 0.242 e. The lowest BCUT2D eigenvalue weighted by Crippen LogP contribution is -2.49. The standard InChI is InChI=1S/C15H25N5O2/c1-11-7-18-20(9-11)10-12(2)17-8-14(21)19-13-5-3-4-6-16-15(13)22/h7,9,12-13,17H,3-6,8,10H2,1-2H3,(H,16,22)(H,19,21). The third kappa shape index (κ3) is 5.14. The molecular weight excluding hydrogens is 282 g/mol. The number of rotatable bonds is 6. The minimum atomic E-state index is -0.402. The summed E-state index contributed by atoms with van der Waals surface area (Å²) in [6, 6.07) is -0.283. The van der Waals surface area contributed by atoms with Gasteiger partial charge in [-0.15, -0.1) is 0 Å². The van der Waals surface area contributed by atoms with Gasteiger partial charge in [0.1, 0.15) is 6.04 Å². The highest BCUT2D eigenvalue weighted by Gasteiger charge is 2.22. The molecule has 0 saturated carbocycles. The van der Waals surface area contributed by atoms with E-state index in [-0.39, 0.29) is 24.4 Å². The monoisotopic (exact) mass is 307 g/mol. The topological polar surface area (TPSA) is 88.1 Å². The van der Waals surface area contributed by atoms with Gasteiger partial charge in [0.25, 0.3) is 0 Å². The van der Waals surface area contributed by atoms with Gasteiger partial charge < -0.3 is 16.0 Å². The van der Waals surface area contributed by atoms with E-state index in [4.69, 9.17) is 0 Å². The molecule has 1 aromatic rings. The maximum Gasteiger partial charge on any atom is 0.242 e. The molecule has 2 unspecified atom stereocenters. The first kappa shape index (κ1) is 16.5. The van der Waals surface area contributed by atoms with E-state index in [1.807, 2.05) is 30.9 Å². The van der Waals surface area contributed by atoms with Gasteiger partial charge in [0.05, 0.1) is 19.3 Å².